The van der Waals surface area contributed by atoms with Gasteiger partial charge in [0.05, 0.1) is 0 Å². The highest BCUT2D eigenvalue weighted by Gasteiger charge is 2.13. The van der Waals surface area contributed by atoms with Crippen molar-refractivity contribution in [2.75, 3.05) is 5.73 Å². The lowest BCUT2D eigenvalue weighted by Gasteiger charge is -2.20. The van der Waals surface area contributed by atoms with Gasteiger partial charge in [-0.25, -0.2) is 0 Å². The molecule has 0 fully saturated rings. The minimum atomic E-state index is -0.512. The molecule has 0 saturated heterocycles. The van der Waals surface area contributed by atoms with Gasteiger partial charge >= 0.3 is 0 Å². The number of benzene rings is 2. The van der Waals surface area contributed by atoms with E-state index in [0.29, 0.717) is 11.4 Å². The summed E-state index contributed by atoms with van der Waals surface area (Å²) in [5.41, 5.74) is 7.18. The third-order valence-electron chi connectivity index (χ3n) is 2.57. The normalized spacial score (nSPS) is 11.6. The number of amides is 1. The van der Waals surface area contributed by atoms with Crippen molar-refractivity contribution < 1.29 is 9.53 Å². The Bertz CT molecular complexity index is 538. The van der Waals surface area contributed by atoms with Crippen molar-refractivity contribution >= 4 is 11.6 Å². The lowest BCUT2D eigenvalue weighted by molar-refractivity contribution is -0.121. The molecule has 0 aliphatic heterocycles. The number of carbonyl (C=O) groups excluding carboxylic acids is 1. The van der Waals surface area contributed by atoms with E-state index in [0.717, 1.165) is 5.56 Å². The number of anilines is 1. The van der Waals surface area contributed by atoms with Crippen LogP contribution in [0.1, 0.15) is 18.7 Å². The SMILES string of the molecule is CC(=O)NC(Oc1ccc(N)cc1)c1ccccc1. The van der Waals surface area contributed by atoms with Crippen LogP contribution in [0.4, 0.5) is 5.69 Å². The summed E-state index contributed by atoms with van der Waals surface area (Å²) in [4.78, 5) is 11.3. The van der Waals surface area contributed by atoms with Crippen LogP contribution in [0.15, 0.2) is 54.6 Å². The molecule has 0 aromatic heterocycles. The van der Waals surface area contributed by atoms with Crippen molar-refractivity contribution in [1.82, 2.24) is 5.32 Å². The van der Waals surface area contributed by atoms with E-state index in [1.165, 1.54) is 6.92 Å². The summed E-state index contributed by atoms with van der Waals surface area (Å²) in [6, 6.07) is 16.6. The van der Waals surface area contributed by atoms with Crippen molar-refractivity contribution in [3.05, 3.63) is 60.2 Å². The predicted molar refractivity (Wildman–Crippen MR) is 74.5 cm³/mol. The Morgan fingerprint density at radius 3 is 2.32 bits per heavy atom. The maximum Gasteiger partial charge on any atom is 0.219 e. The summed E-state index contributed by atoms with van der Waals surface area (Å²) in [6.07, 6.45) is -0.512. The number of ether oxygens (including phenoxy) is 1. The summed E-state index contributed by atoms with van der Waals surface area (Å²) < 4.78 is 5.78. The lowest BCUT2D eigenvalue weighted by Crippen LogP contribution is -2.30. The van der Waals surface area contributed by atoms with Crippen LogP contribution in [0, 0.1) is 0 Å². The molecule has 98 valence electrons. The second-order valence-electron chi connectivity index (χ2n) is 4.18. The first-order valence-electron chi connectivity index (χ1n) is 5.99. The van der Waals surface area contributed by atoms with Gasteiger partial charge in [0.1, 0.15) is 5.75 Å². The molecule has 0 aliphatic carbocycles. The molecule has 0 aliphatic rings. The smallest absolute Gasteiger partial charge is 0.219 e. The van der Waals surface area contributed by atoms with Crippen molar-refractivity contribution in [1.29, 1.82) is 0 Å². The van der Waals surface area contributed by atoms with E-state index >= 15 is 0 Å². The number of nitrogen functional groups attached to an aromatic ring is 1. The standard InChI is InChI=1S/C15H16N2O2/c1-11(18)17-15(12-5-3-2-4-6-12)19-14-9-7-13(16)8-10-14/h2-10,15H,16H2,1H3,(H,17,18). The van der Waals surface area contributed by atoms with Crippen LogP contribution in [0.3, 0.4) is 0 Å². The monoisotopic (exact) mass is 256 g/mol. The Balaban J connectivity index is 2.19. The average Bonchev–Trinajstić information content (AvgIpc) is 2.41. The molecule has 3 N–H and O–H groups in total. The third-order valence-corrected chi connectivity index (χ3v) is 2.57. The van der Waals surface area contributed by atoms with Gasteiger partial charge in [-0.1, -0.05) is 30.3 Å². The first-order valence-corrected chi connectivity index (χ1v) is 5.99. The lowest BCUT2D eigenvalue weighted by atomic mass is 10.2. The van der Waals surface area contributed by atoms with Crippen LogP contribution in [0.25, 0.3) is 0 Å². The third kappa shape index (κ3) is 3.74. The van der Waals surface area contributed by atoms with Crippen molar-refractivity contribution in [2.24, 2.45) is 0 Å². The van der Waals surface area contributed by atoms with Crippen LogP contribution < -0.4 is 15.8 Å². The van der Waals surface area contributed by atoms with Crippen LogP contribution in [-0.4, -0.2) is 5.91 Å². The molecule has 0 heterocycles. The Kier molecular flexibility index (Phi) is 4.03. The Labute approximate surface area is 112 Å². The number of nitrogens with two attached hydrogens (primary N) is 1. The number of carbonyl (C=O) groups is 1. The highest BCUT2D eigenvalue weighted by Crippen LogP contribution is 2.21. The van der Waals surface area contributed by atoms with Gasteiger partial charge in [0.25, 0.3) is 0 Å². The van der Waals surface area contributed by atoms with Crippen LogP contribution in [-0.2, 0) is 4.79 Å². The molecule has 19 heavy (non-hydrogen) atoms. The van der Waals surface area contributed by atoms with Gasteiger partial charge in [0.15, 0.2) is 6.23 Å². The zero-order valence-corrected chi connectivity index (χ0v) is 10.7. The fourth-order valence-corrected chi connectivity index (χ4v) is 1.68. The van der Waals surface area contributed by atoms with Crippen molar-refractivity contribution in [3.8, 4) is 5.75 Å². The molecule has 2 aromatic carbocycles. The number of rotatable bonds is 4. The van der Waals surface area contributed by atoms with E-state index in [4.69, 9.17) is 10.5 Å². The molecular formula is C15H16N2O2. The van der Waals surface area contributed by atoms with Gasteiger partial charge in [0.2, 0.25) is 5.91 Å². The van der Waals surface area contributed by atoms with Gasteiger partial charge in [0, 0.05) is 18.2 Å². The quantitative estimate of drug-likeness (QED) is 0.652. The fraction of sp³-hybridized carbons (Fsp3) is 0.133. The van der Waals surface area contributed by atoms with Crippen LogP contribution in [0.2, 0.25) is 0 Å². The topological polar surface area (TPSA) is 64.3 Å². The molecule has 1 atom stereocenters. The molecule has 1 amide bonds. The largest absolute Gasteiger partial charge is 0.466 e. The minimum absolute atomic E-state index is 0.149. The Hall–Kier alpha value is -2.49. The average molecular weight is 256 g/mol. The second kappa shape index (κ2) is 5.91. The maximum atomic E-state index is 11.3. The molecule has 0 radical (unpaired) electrons. The molecular weight excluding hydrogens is 240 g/mol. The van der Waals surface area contributed by atoms with Gasteiger partial charge in [-0.2, -0.15) is 0 Å². The number of nitrogens with one attached hydrogen (secondary N) is 1. The molecule has 4 heteroatoms. The van der Waals surface area contributed by atoms with E-state index < -0.39 is 6.23 Å². The Morgan fingerprint density at radius 2 is 1.74 bits per heavy atom. The second-order valence-corrected chi connectivity index (χ2v) is 4.18. The minimum Gasteiger partial charge on any atom is -0.466 e. The molecule has 0 saturated carbocycles. The molecule has 0 spiro atoms. The highest BCUT2D eigenvalue weighted by atomic mass is 16.5. The molecule has 2 aromatic rings. The zero-order valence-electron chi connectivity index (χ0n) is 10.7. The van der Waals surface area contributed by atoms with E-state index in [1.807, 2.05) is 30.3 Å². The van der Waals surface area contributed by atoms with Crippen LogP contribution in [0.5, 0.6) is 5.75 Å². The first-order chi connectivity index (χ1) is 9.15. The van der Waals surface area contributed by atoms with Crippen LogP contribution >= 0.6 is 0 Å². The highest BCUT2D eigenvalue weighted by molar-refractivity contribution is 5.73. The molecule has 2 rings (SSSR count). The predicted octanol–water partition coefficient (Wildman–Crippen LogP) is 2.48. The van der Waals surface area contributed by atoms with E-state index in [1.54, 1.807) is 24.3 Å². The number of hydrogen-bond acceptors (Lipinski definition) is 3. The van der Waals surface area contributed by atoms with Crippen molar-refractivity contribution in [3.63, 3.8) is 0 Å². The first kappa shape index (κ1) is 13.0. The summed E-state index contributed by atoms with van der Waals surface area (Å²) in [7, 11) is 0. The van der Waals surface area contributed by atoms with Gasteiger partial charge in [-0.3, -0.25) is 4.79 Å². The molecule has 1 unspecified atom stereocenters. The maximum absolute atomic E-state index is 11.3. The zero-order chi connectivity index (χ0) is 13.7. The van der Waals surface area contributed by atoms with Gasteiger partial charge in [-0.05, 0) is 24.3 Å². The van der Waals surface area contributed by atoms with Crippen molar-refractivity contribution in [2.45, 2.75) is 13.2 Å². The van der Waals surface area contributed by atoms with E-state index in [-0.39, 0.29) is 5.91 Å². The summed E-state index contributed by atoms with van der Waals surface area (Å²) in [5, 5.41) is 2.77. The molecule has 4 nitrogen and oxygen atoms in total. The van der Waals surface area contributed by atoms with E-state index in [2.05, 4.69) is 5.32 Å². The summed E-state index contributed by atoms with van der Waals surface area (Å²) in [5.74, 6) is 0.501. The summed E-state index contributed by atoms with van der Waals surface area (Å²) in [6.45, 7) is 1.46. The van der Waals surface area contributed by atoms with Gasteiger partial charge in [-0.15, -0.1) is 0 Å². The Morgan fingerprint density at radius 1 is 1.11 bits per heavy atom. The number of hydrogen-bond donors (Lipinski definition) is 2. The fourth-order valence-electron chi connectivity index (χ4n) is 1.68. The van der Waals surface area contributed by atoms with E-state index in [9.17, 15) is 4.79 Å². The molecule has 0 bridgehead atoms. The van der Waals surface area contributed by atoms with Gasteiger partial charge < -0.3 is 15.8 Å². The summed E-state index contributed by atoms with van der Waals surface area (Å²) >= 11 is 0.